The Hall–Kier alpha value is -13.6. The minimum Gasteiger partial charge on any atom is -0.496 e. The summed E-state index contributed by atoms with van der Waals surface area (Å²) in [6, 6.07) is 28.5. The molecule has 45 heteroatoms. The summed E-state index contributed by atoms with van der Waals surface area (Å²) in [6.07, 6.45) is -26.8. The number of carbonyl (C=O) groups excluding carboxylic acids is 5. The van der Waals surface area contributed by atoms with Gasteiger partial charge in [0.25, 0.3) is 0 Å². The van der Waals surface area contributed by atoms with Gasteiger partial charge in [0.2, 0.25) is 0 Å². The van der Waals surface area contributed by atoms with Crippen molar-refractivity contribution in [1.29, 1.82) is 0 Å². The zero-order valence-corrected chi connectivity index (χ0v) is 70.0. The number of alkyl halides is 21. The van der Waals surface area contributed by atoms with Crippen molar-refractivity contribution >= 4 is 64.0 Å². The van der Waals surface area contributed by atoms with Gasteiger partial charge in [0.15, 0.2) is 29.4 Å². The molecule has 15 rings (SSSR count). The van der Waals surface area contributed by atoms with Crippen molar-refractivity contribution in [2.75, 3.05) is 28.4 Å². The van der Waals surface area contributed by atoms with Crippen molar-refractivity contribution in [3.05, 3.63) is 288 Å². The maximum atomic E-state index is 14.7. The molecule has 0 bridgehead atoms. The van der Waals surface area contributed by atoms with Gasteiger partial charge in [-0.2, -0.15) is 39.5 Å². The first-order valence-corrected chi connectivity index (χ1v) is 38.8. The number of allylic oxidation sites excluding steroid dienone is 1. The second kappa shape index (κ2) is 41.7. The summed E-state index contributed by atoms with van der Waals surface area (Å²) in [4.78, 5) is 69.9. The van der Waals surface area contributed by atoms with Crippen molar-refractivity contribution in [3.8, 4) is 79.4 Å². The smallest absolute Gasteiger partial charge is 0.496 e. The molecular weight excluding hydrogens is 1920 g/mol. The molecule has 3 aromatic heterocycles. The summed E-state index contributed by atoms with van der Waals surface area (Å²) < 4.78 is 355. The first kappa shape index (κ1) is 103. The highest BCUT2D eigenvalue weighted by atomic mass is 79.9. The molecule has 706 valence electrons. The van der Waals surface area contributed by atoms with Crippen LogP contribution in [0.25, 0.3) is 39.5 Å². The average Bonchev–Trinajstić information content (AvgIpc) is 1.61. The number of benzene rings is 8. The molecule has 134 heavy (non-hydrogen) atoms. The van der Waals surface area contributed by atoms with Crippen LogP contribution in [-0.4, -0.2) is 115 Å². The highest BCUT2D eigenvalue weighted by Crippen LogP contribution is 2.46. The second-order valence-electron chi connectivity index (χ2n) is 28.4. The van der Waals surface area contributed by atoms with Crippen molar-refractivity contribution < 1.29 is 182 Å². The Kier molecular flexibility index (Phi) is 31.9. The molecule has 0 saturated heterocycles. The van der Waals surface area contributed by atoms with Gasteiger partial charge in [-0.05, 0) is 191 Å². The molecule has 3 heterocycles. The van der Waals surface area contributed by atoms with Crippen molar-refractivity contribution in [1.82, 2.24) is 15.0 Å². The molecule has 0 radical (unpaired) electrons. The predicted octanol–water partition coefficient (Wildman–Crippen LogP) is 22.5. The number of rotatable bonds is 16. The van der Waals surface area contributed by atoms with E-state index in [1.54, 1.807) is 19.2 Å². The summed E-state index contributed by atoms with van der Waals surface area (Å²) >= 11 is 3.39. The molecule has 11 aromatic rings. The Labute approximate surface area is 748 Å². The molecule has 4 aliphatic carbocycles. The van der Waals surface area contributed by atoms with Crippen LogP contribution in [0.5, 0.6) is 46.0 Å². The lowest BCUT2D eigenvalue weighted by molar-refractivity contribution is -0.275. The van der Waals surface area contributed by atoms with E-state index in [9.17, 15) is 134 Å². The van der Waals surface area contributed by atoms with Crippen molar-refractivity contribution in [3.63, 3.8) is 0 Å². The van der Waals surface area contributed by atoms with E-state index in [0.29, 0.717) is 65.8 Å². The molecule has 4 aliphatic rings. The highest BCUT2D eigenvalue weighted by molar-refractivity contribution is 9.10. The normalized spacial score (nSPS) is 14.1. The van der Waals surface area contributed by atoms with Gasteiger partial charge < -0.3 is 47.9 Å². The topological polar surface area (TPSA) is 238 Å². The number of halogens is 26. The van der Waals surface area contributed by atoms with Crippen LogP contribution in [0.1, 0.15) is 115 Å². The molecule has 0 fully saturated rings. The van der Waals surface area contributed by atoms with Gasteiger partial charge in [-0.25, -0.2) is 17.6 Å². The maximum Gasteiger partial charge on any atom is 0.573 e. The van der Waals surface area contributed by atoms with Gasteiger partial charge in [-0.3, -0.25) is 38.9 Å². The molecule has 2 N–H and O–H groups in total. The second-order valence-corrected chi connectivity index (χ2v) is 29.3. The number of fused-ring (bicyclic) bond motifs is 4. The van der Waals surface area contributed by atoms with E-state index in [2.05, 4.69) is 49.8 Å². The van der Waals surface area contributed by atoms with Crippen LogP contribution in [0, 0.1) is 29.2 Å². The summed E-state index contributed by atoms with van der Waals surface area (Å²) in [5.41, 5.74) is 0.335. The SMILES string of the molecule is COc1cc2c(cc1-c1ccc(OC(F)(F)F)cc1F)C/C(=C\c1ncccc1C(F)(F)F)C2=O.COc1cc2c(cc1-c1ccc(OC(F)(F)F)cc1F)CC(Cc1ncccc1C(F)(F)F)C2=O.COc1cc2c(cc1-c1ccc(OC(F)(F)F)cc1F)CCC2=O.COc1cc2c(cc1Br)CCC2=O.O=Cc1ncccc1C(F)(F)F.OB(O)c1ccc(OC(F)(F)F)cc1F. The zero-order valence-electron chi connectivity index (χ0n) is 68.4. The number of ether oxygens (including phenoxy) is 8. The van der Waals surface area contributed by atoms with E-state index in [4.69, 9.17) is 29.0 Å². The molecule has 18 nitrogen and oxygen atoms in total. The number of hydrogen-bond donors (Lipinski definition) is 2. The number of Topliss-reactive ketones (excluding diaryl/α,β-unsaturated/α-hetero) is 4. The van der Waals surface area contributed by atoms with Crippen LogP contribution in [0.4, 0.5) is 110 Å². The number of carbonyl (C=O) groups is 5. The Morgan fingerprint density at radius 1 is 0.396 bits per heavy atom. The first-order chi connectivity index (χ1) is 62.6. The molecule has 1 unspecified atom stereocenters. The minimum absolute atomic E-state index is 0.00996. The van der Waals surface area contributed by atoms with Gasteiger partial charge >= 0.3 is 51.1 Å². The fourth-order valence-electron chi connectivity index (χ4n) is 14.0. The largest absolute Gasteiger partial charge is 0.573 e. The summed E-state index contributed by atoms with van der Waals surface area (Å²) in [5.74, 6) is -7.43. The molecular formula is C89H60BBrF25N3O15. The van der Waals surface area contributed by atoms with E-state index in [-0.39, 0.29) is 105 Å². The predicted molar refractivity (Wildman–Crippen MR) is 428 cm³/mol. The number of methoxy groups -OCH3 is 4. The Morgan fingerprint density at radius 3 is 1.16 bits per heavy atom. The van der Waals surface area contributed by atoms with Gasteiger partial charge in [-0.15, -0.1) is 52.7 Å². The van der Waals surface area contributed by atoms with Crippen LogP contribution in [0.15, 0.2) is 186 Å². The van der Waals surface area contributed by atoms with E-state index in [1.807, 2.05) is 12.1 Å². The van der Waals surface area contributed by atoms with Crippen LogP contribution in [-0.2, 0) is 50.6 Å². The Morgan fingerprint density at radius 2 is 0.761 bits per heavy atom. The van der Waals surface area contributed by atoms with E-state index in [0.717, 1.165) is 124 Å². The van der Waals surface area contributed by atoms with Gasteiger partial charge in [0.05, 0.1) is 61.0 Å². The van der Waals surface area contributed by atoms with Crippen molar-refractivity contribution in [2.45, 2.75) is 88.9 Å². The average molecular weight is 1980 g/mol. The van der Waals surface area contributed by atoms with E-state index < -0.39 is 148 Å². The first-order valence-electron chi connectivity index (χ1n) is 38.0. The van der Waals surface area contributed by atoms with Crippen LogP contribution in [0.2, 0.25) is 0 Å². The third kappa shape index (κ3) is 26.2. The van der Waals surface area contributed by atoms with E-state index >= 15 is 0 Å². The highest BCUT2D eigenvalue weighted by Gasteiger charge is 2.42. The molecule has 0 saturated carbocycles. The number of aldehydes is 1. The number of aromatic nitrogens is 3. The van der Waals surface area contributed by atoms with E-state index in [1.165, 1.54) is 64.1 Å². The van der Waals surface area contributed by atoms with Gasteiger partial charge in [0, 0.05) is 141 Å². The maximum absolute atomic E-state index is 14.7. The molecule has 0 aliphatic heterocycles. The number of pyridine rings is 3. The lowest BCUT2D eigenvalue weighted by atomic mass is 9.80. The van der Waals surface area contributed by atoms with Crippen LogP contribution < -0.4 is 43.4 Å². The quantitative estimate of drug-likeness (QED) is 0.0396. The lowest BCUT2D eigenvalue weighted by Crippen LogP contribution is -2.32. The molecule has 0 amide bonds. The fourth-order valence-corrected chi connectivity index (χ4v) is 14.5. The van der Waals surface area contributed by atoms with Crippen LogP contribution >= 0.6 is 15.9 Å². The Bertz CT molecular complexity index is 6280. The van der Waals surface area contributed by atoms with Gasteiger partial charge in [-0.1, -0.05) is 6.07 Å². The number of ketones is 4. The summed E-state index contributed by atoms with van der Waals surface area (Å²) in [6.45, 7) is 0. The molecule has 1 atom stereocenters. The van der Waals surface area contributed by atoms with Gasteiger partial charge in [0.1, 0.15) is 75.0 Å². The van der Waals surface area contributed by atoms with Crippen molar-refractivity contribution in [2.24, 2.45) is 5.92 Å². The number of nitrogens with zero attached hydrogens (tertiary/aromatic N) is 3. The monoisotopic (exact) mass is 1980 g/mol. The van der Waals surface area contributed by atoms with Crippen LogP contribution in [0.3, 0.4) is 0 Å². The lowest BCUT2D eigenvalue weighted by Gasteiger charge is -2.14. The molecule has 8 aromatic carbocycles. The minimum atomic E-state index is -5.00. The number of hydrogen-bond acceptors (Lipinski definition) is 18. The summed E-state index contributed by atoms with van der Waals surface area (Å²) in [5, 5.41) is 17.2. The standard InChI is InChI=1S/C24H16F7NO3.C24H14F7NO3.C17H12F4O3.C10H9BrO2.C7H5BF4O3.C7H4F3NO/c2*1-34-21-11-16-12(8-17(21)15-5-4-14(10-19(15)25)35-24(29,30)31)7-13(22(16)33)9-20-18(23(26,27)28)3-2-6-32-20;1-23-16-8-12-9(2-5-15(12)22)6-13(16)11-4-3-10(7-14(11)18)24-17(19,20)21;1-13-10-5-7-6(4-8(10)11)2-3-9(7)12;9-6-3-4(15-7(10,11)12)1-2-5(6)8(13)14;8-7(9,10)5-2-1-3-11-6(5)4-12/h2-6,8,10-11,13H,7,9H2,1H3;2-6,8-11H,7H2,1H3;3-4,6-8H,2,5H2,1H3;4-5H,2-3H2,1H3;1-3,13-14H;1-4H/b;13-9+;;;;. The fraction of sp³-hybridized carbons (Fsp3) is 0.213. The third-order valence-electron chi connectivity index (χ3n) is 19.7. The Balaban J connectivity index is 0.000000175. The molecule has 0 spiro atoms. The summed E-state index contributed by atoms with van der Waals surface area (Å²) in [7, 11) is 3.43. The number of aryl methyl sites for hydroxylation is 2. The zero-order chi connectivity index (χ0) is 98.8. The third-order valence-corrected chi connectivity index (χ3v) is 20.4.